The van der Waals surface area contributed by atoms with Gasteiger partial charge in [-0.2, -0.15) is 5.10 Å². The standard InChI is InChI=1S/C16H19ClN2O2/c1-11(2)10-19-16(20)13(9-17)8-15(18-19)12-4-6-14(21-3)7-5-12/h4-8,11H,9-10H2,1-3H3. The lowest BCUT2D eigenvalue weighted by Gasteiger charge is -2.11. The minimum Gasteiger partial charge on any atom is -0.497 e. The van der Waals surface area contributed by atoms with Crippen molar-refractivity contribution in [2.45, 2.75) is 26.3 Å². The summed E-state index contributed by atoms with van der Waals surface area (Å²) in [6.07, 6.45) is 0. The average Bonchev–Trinajstić information content (AvgIpc) is 2.49. The lowest BCUT2D eigenvalue weighted by molar-refractivity contribution is 0.415. The van der Waals surface area contributed by atoms with E-state index in [-0.39, 0.29) is 11.4 Å². The maximum absolute atomic E-state index is 12.2. The number of alkyl halides is 1. The van der Waals surface area contributed by atoms with Gasteiger partial charge in [-0.25, -0.2) is 4.68 Å². The van der Waals surface area contributed by atoms with Crippen molar-refractivity contribution in [1.29, 1.82) is 0 Å². The smallest absolute Gasteiger partial charge is 0.271 e. The Balaban J connectivity index is 2.49. The summed E-state index contributed by atoms with van der Waals surface area (Å²) < 4.78 is 6.65. The van der Waals surface area contributed by atoms with Gasteiger partial charge in [0.25, 0.3) is 5.56 Å². The first-order chi connectivity index (χ1) is 10.0. The van der Waals surface area contributed by atoms with Crippen LogP contribution in [0.3, 0.4) is 0 Å². The van der Waals surface area contributed by atoms with E-state index < -0.39 is 0 Å². The second-order valence-corrected chi connectivity index (χ2v) is 5.57. The number of rotatable bonds is 5. The molecule has 0 N–H and O–H groups in total. The Morgan fingerprint density at radius 2 is 1.95 bits per heavy atom. The lowest BCUT2D eigenvalue weighted by atomic mass is 10.1. The van der Waals surface area contributed by atoms with Gasteiger partial charge in [0.15, 0.2) is 0 Å². The van der Waals surface area contributed by atoms with Gasteiger partial charge in [0, 0.05) is 17.7 Å². The molecule has 1 heterocycles. The molecular formula is C16H19ClN2O2. The summed E-state index contributed by atoms with van der Waals surface area (Å²) in [5, 5.41) is 4.45. The van der Waals surface area contributed by atoms with Crippen LogP contribution in [0.15, 0.2) is 35.1 Å². The van der Waals surface area contributed by atoms with E-state index in [1.54, 1.807) is 13.2 Å². The minimum absolute atomic E-state index is 0.115. The quantitative estimate of drug-likeness (QED) is 0.796. The Kier molecular flexibility index (Phi) is 5.02. The van der Waals surface area contributed by atoms with Crippen molar-refractivity contribution in [2.75, 3.05) is 7.11 Å². The van der Waals surface area contributed by atoms with Crippen LogP contribution in [-0.4, -0.2) is 16.9 Å². The molecule has 0 radical (unpaired) electrons. The monoisotopic (exact) mass is 306 g/mol. The molecule has 21 heavy (non-hydrogen) atoms. The lowest BCUT2D eigenvalue weighted by Crippen LogP contribution is -2.28. The van der Waals surface area contributed by atoms with Crippen molar-refractivity contribution in [3.05, 3.63) is 46.2 Å². The minimum atomic E-state index is -0.115. The number of methoxy groups -OCH3 is 1. The fourth-order valence-electron chi connectivity index (χ4n) is 2.07. The predicted octanol–water partition coefficient (Wildman–Crippen LogP) is 3.31. The molecule has 0 amide bonds. The molecule has 4 nitrogen and oxygen atoms in total. The van der Waals surface area contributed by atoms with E-state index in [0.717, 1.165) is 17.0 Å². The zero-order chi connectivity index (χ0) is 15.4. The predicted molar refractivity (Wildman–Crippen MR) is 84.9 cm³/mol. The topological polar surface area (TPSA) is 44.1 Å². The zero-order valence-electron chi connectivity index (χ0n) is 12.5. The third-order valence-electron chi connectivity index (χ3n) is 3.12. The summed E-state index contributed by atoms with van der Waals surface area (Å²) in [6, 6.07) is 9.34. The molecule has 2 rings (SSSR count). The normalized spacial score (nSPS) is 10.9. The summed E-state index contributed by atoms with van der Waals surface area (Å²) in [5.74, 6) is 1.30. The van der Waals surface area contributed by atoms with Gasteiger partial charge in [0.2, 0.25) is 0 Å². The molecule has 5 heteroatoms. The van der Waals surface area contributed by atoms with E-state index in [9.17, 15) is 4.79 Å². The highest BCUT2D eigenvalue weighted by molar-refractivity contribution is 6.17. The fraction of sp³-hybridized carbons (Fsp3) is 0.375. The van der Waals surface area contributed by atoms with Crippen LogP contribution in [0.5, 0.6) is 5.75 Å². The highest BCUT2D eigenvalue weighted by Crippen LogP contribution is 2.21. The van der Waals surface area contributed by atoms with Gasteiger partial charge in [-0.15, -0.1) is 11.6 Å². The third kappa shape index (κ3) is 3.64. The molecule has 2 aromatic rings. The van der Waals surface area contributed by atoms with Gasteiger partial charge in [-0.3, -0.25) is 4.79 Å². The molecule has 1 aromatic heterocycles. The molecule has 0 atom stereocenters. The SMILES string of the molecule is COc1ccc(-c2cc(CCl)c(=O)n(CC(C)C)n2)cc1. The van der Waals surface area contributed by atoms with Crippen molar-refractivity contribution >= 4 is 11.6 Å². The summed E-state index contributed by atoms with van der Waals surface area (Å²) in [4.78, 5) is 12.2. The molecule has 0 saturated heterocycles. The first-order valence-corrected chi connectivity index (χ1v) is 7.40. The molecule has 0 fully saturated rings. The van der Waals surface area contributed by atoms with Crippen molar-refractivity contribution in [1.82, 2.24) is 9.78 Å². The Bertz CT molecular complexity index is 663. The second kappa shape index (κ2) is 6.76. The average molecular weight is 307 g/mol. The number of benzene rings is 1. The Hall–Kier alpha value is -1.81. The molecule has 0 unspecified atom stereocenters. The van der Waals surface area contributed by atoms with Gasteiger partial charge in [-0.1, -0.05) is 13.8 Å². The van der Waals surface area contributed by atoms with E-state index in [1.165, 1.54) is 4.68 Å². The molecule has 1 aromatic carbocycles. The number of ether oxygens (including phenoxy) is 1. The third-order valence-corrected chi connectivity index (χ3v) is 3.40. The van der Waals surface area contributed by atoms with Crippen LogP contribution in [0.4, 0.5) is 0 Å². The molecular weight excluding hydrogens is 288 g/mol. The van der Waals surface area contributed by atoms with Gasteiger partial charge in [-0.05, 0) is 36.2 Å². The van der Waals surface area contributed by atoms with Crippen LogP contribution in [0.2, 0.25) is 0 Å². The van der Waals surface area contributed by atoms with Crippen molar-refractivity contribution in [3.8, 4) is 17.0 Å². The summed E-state index contributed by atoms with van der Waals surface area (Å²) in [5.41, 5.74) is 2.13. The Morgan fingerprint density at radius 1 is 1.29 bits per heavy atom. The molecule has 0 saturated carbocycles. The Labute approximate surface area is 129 Å². The molecule has 0 spiro atoms. The number of hydrogen-bond acceptors (Lipinski definition) is 3. The maximum atomic E-state index is 12.2. The number of hydrogen-bond donors (Lipinski definition) is 0. The summed E-state index contributed by atoms with van der Waals surface area (Å²) in [6.45, 7) is 4.68. The van der Waals surface area contributed by atoms with Gasteiger partial charge in [0.05, 0.1) is 18.7 Å². The molecule has 0 aliphatic heterocycles. The van der Waals surface area contributed by atoms with Crippen molar-refractivity contribution < 1.29 is 4.74 Å². The first kappa shape index (κ1) is 15.6. The van der Waals surface area contributed by atoms with Crippen LogP contribution < -0.4 is 10.3 Å². The van der Waals surface area contributed by atoms with Gasteiger partial charge >= 0.3 is 0 Å². The largest absolute Gasteiger partial charge is 0.497 e. The maximum Gasteiger partial charge on any atom is 0.271 e. The van der Waals surface area contributed by atoms with Gasteiger partial charge in [0.1, 0.15) is 5.75 Å². The fourth-order valence-corrected chi connectivity index (χ4v) is 2.26. The number of aromatic nitrogens is 2. The van der Waals surface area contributed by atoms with Crippen molar-refractivity contribution in [2.24, 2.45) is 5.92 Å². The first-order valence-electron chi connectivity index (χ1n) is 6.86. The molecule has 0 aliphatic rings. The van der Waals surface area contributed by atoms with Gasteiger partial charge < -0.3 is 4.74 Å². The van der Waals surface area contributed by atoms with E-state index in [0.29, 0.717) is 18.0 Å². The van der Waals surface area contributed by atoms with Crippen LogP contribution >= 0.6 is 11.6 Å². The zero-order valence-corrected chi connectivity index (χ0v) is 13.2. The highest BCUT2D eigenvalue weighted by Gasteiger charge is 2.10. The van der Waals surface area contributed by atoms with Crippen molar-refractivity contribution in [3.63, 3.8) is 0 Å². The summed E-state index contributed by atoms with van der Waals surface area (Å²) in [7, 11) is 1.63. The molecule has 0 aliphatic carbocycles. The van der Waals surface area contributed by atoms with E-state index in [4.69, 9.17) is 16.3 Å². The number of nitrogens with zero attached hydrogens (tertiary/aromatic N) is 2. The second-order valence-electron chi connectivity index (χ2n) is 5.30. The van der Waals surface area contributed by atoms with Crippen LogP contribution in [0.1, 0.15) is 19.4 Å². The van der Waals surface area contributed by atoms with E-state index >= 15 is 0 Å². The molecule has 112 valence electrons. The number of halogens is 1. The van der Waals surface area contributed by atoms with Crippen LogP contribution in [0.25, 0.3) is 11.3 Å². The van der Waals surface area contributed by atoms with E-state index in [1.807, 2.05) is 24.3 Å². The van der Waals surface area contributed by atoms with Crippen LogP contribution in [0, 0.1) is 5.92 Å². The highest BCUT2D eigenvalue weighted by atomic mass is 35.5. The summed E-state index contributed by atoms with van der Waals surface area (Å²) >= 11 is 5.89. The van der Waals surface area contributed by atoms with Crippen LogP contribution in [-0.2, 0) is 12.4 Å². The molecule has 0 bridgehead atoms. The Morgan fingerprint density at radius 3 is 2.48 bits per heavy atom. The van der Waals surface area contributed by atoms with E-state index in [2.05, 4.69) is 18.9 Å².